The molecule has 1 aromatic carbocycles. The van der Waals surface area contributed by atoms with Crippen molar-refractivity contribution in [3.8, 4) is 0 Å². The molecule has 0 N–H and O–H groups in total. The highest BCUT2D eigenvalue weighted by atomic mass is 16.3. The van der Waals surface area contributed by atoms with Gasteiger partial charge in [0.1, 0.15) is 5.52 Å². The van der Waals surface area contributed by atoms with Gasteiger partial charge >= 0.3 is 0 Å². The van der Waals surface area contributed by atoms with Crippen molar-refractivity contribution in [2.45, 2.75) is 66.8 Å². The minimum Gasteiger partial charge on any atom is -0.443 e. The molecule has 0 saturated heterocycles. The highest BCUT2D eigenvalue weighted by Gasteiger charge is 1.91. The normalized spacial score (nSPS) is 5.11. The van der Waals surface area contributed by atoms with Gasteiger partial charge < -0.3 is 4.42 Å². The molecule has 0 saturated carbocycles. The van der Waals surface area contributed by atoms with Gasteiger partial charge in [-0.25, -0.2) is 4.98 Å². The Morgan fingerprint density at radius 2 is 1.11 bits per heavy atom. The molecule has 116 valence electrons. The molecule has 0 aliphatic rings. The largest absolute Gasteiger partial charge is 0.443 e. The fourth-order valence-electron chi connectivity index (χ4n) is 0.803. The van der Waals surface area contributed by atoms with Gasteiger partial charge in [0.05, 0.1) is 0 Å². The second-order valence-electron chi connectivity index (χ2n) is 1.82. The van der Waals surface area contributed by atoms with Crippen LogP contribution in [-0.2, 0) is 0 Å². The average Bonchev–Trinajstić information content (AvgIpc) is 2.33. The van der Waals surface area contributed by atoms with E-state index >= 15 is 0 Å². The summed E-state index contributed by atoms with van der Waals surface area (Å²) < 4.78 is 5.01. The van der Waals surface area contributed by atoms with E-state index in [9.17, 15) is 0 Å². The van der Waals surface area contributed by atoms with Crippen molar-refractivity contribution < 1.29 is 4.42 Å². The van der Waals surface area contributed by atoms with Crippen molar-refractivity contribution in [1.82, 2.24) is 4.98 Å². The summed E-state index contributed by atoms with van der Waals surface area (Å²) in [5, 5.41) is 0. The maximum absolute atomic E-state index is 5.01. The first-order chi connectivity index (χ1) is 4.47. The van der Waals surface area contributed by atoms with Crippen LogP contribution in [0, 0.1) is 0 Å². The molecule has 1 aromatic heterocycles. The molecule has 2 aromatic rings. The predicted octanol–water partition coefficient (Wildman–Crippen LogP) is 7.55. The van der Waals surface area contributed by atoms with Gasteiger partial charge in [0.2, 0.25) is 0 Å². The fraction of sp³-hybridized carbons (Fsp3) is 0.562. The summed E-state index contributed by atoms with van der Waals surface area (Å²) in [5.41, 5.74) is 1.76. The lowest BCUT2D eigenvalue weighted by Gasteiger charge is -1.79. The molecular formula is C16H41NO. The lowest BCUT2D eigenvalue weighted by Crippen LogP contribution is -1.61. The molecule has 0 unspecified atom stereocenters. The molecule has 2 nitrogen and oxygen atoms in total. The van der Waals surface area contributed by atoms with Crippen LogP contribution in [0.3, 0.4) is 0 Å². The summed E-state index contributed by atoms with van der Waals surface area (Å²) in [5.74, 6) is 0. The molecule has 0 aliphatic carbocycles. The lowest BCUT2D eigenvalue weighted by atomic mass is 10.3. The molecule has 0 aliphatic heterocycles. The van der Waals surface area contributed by atoms with Gasteiger partial charge in [-0.3, -0.25) is 0 Å². The van der Waals surface area contributed by atoms with Gasteiger partial charge in [0.25, 0.3) is 0 Å². The van der Waals surface area contributed by atoms with Crippen LogP contribution in [0.4, 0.5) is 0 Å². The summed E-state index contributed by atoms with van der Waals surface area (Å²) in [7, 11) is 0. The van der Waals surface area contributed by atoms with Gasteiger partial charge in [-0.2, -0.15) is 0 Å². The van der Waals surface area contributed by atoms with Crippen LogP contribution in [0.25, 0.3) is 11.1 Å². The Morgan fingerprint density at radius 1 is 0.667 bits per heavy atom. The van der Waals surface area contributed by atoms with Crippen LogP contribution >= 0.6 is 0 Å². The third kappa shape index (κ3) is 11.2. The summed E-state index contributed by atoms with van der Waals surface area (Å²) in [6.45, 7) is 0. The Balaban J connectivity index is -0.0000000185. The predicted molar refractivity (Wildman–Crippen MR) is 94.6 cm³/mol. The number of aromatic nitrogens is 1. The third-order valence-corrected chi connectivity index (χ3v) is 1.24. The first-order valence-electron chi connectivity index (χ1n) is 2.75. The molecule has 0 spiro atoms. The Labute approximate surface area is 118 Å². The number of hydrogen-bond acceptors (Lipinski definition) is 2. The monoisotopic (exact) mass is 263 g/mol. The standard InChI is InChI=1S/C7H5NO.9CH4/c1-2-4-7-6(3-1)8-5-9-7;;;;;;;;;/h1-5H;9*1H4. The van der Waals surface area contributed by atoms with Crippen LogP contribution in [0.1, 0.15) is 66.8 Å². The lowest BCUT2D eigenvalue weighted by molar-refractivity contribution is 0.602. The number of oxazole rings is 1. The van der Waals surface area contributed by atoms with E-state index in [4.69, 9.17) is 4.42 Å². The van der Waals surface area contributed by atoms with Crippen molar-refractivity contribution >= 4 is 11.1 Å². The molecule has 2 rings (SSSR count). The van der Waals surface area contributed by atoms with Crippen molar-refractivity contribution in [3.05, 3.63) is 30.7 Å². The number of para-hydroxylation sites is 2. The van der Waals surface area contributed by atoms with Crippen molar-refractivity contribution in [2.75, 3.05) is 0 Å². The Kier molecular flexibility index (Phi) is 74.9. The summed E-state index contributed by atoms with van der Waals surface area (Å²) in [4.78, 5) is 3.95. The van der Waals surface area contributed by atoms with Gasteiger partial charge in [0, 0.05) is 0 Å². The summed E-state index contributed by atoms with van der Waals surface area (Å²) >= 11 is 0. The first kappa shape index (κ1) is 54.4. The van der Waals surface area contributed by atoms with Crippen LogP contribution in [0.2, 0.25) is 0 Å². The molecule has 0 amide bonds. The summed E-state index contributed by atoms with van der Waals surface area (Å²) in [6.07, 6.45) is 1.45. The number of hydrogen-bond donors (Lipinski definition) is 0. The van der Waals surface area contributed by atoms with Gasteiger partial charge in [0.15, 0.2) is 12.0 Å². The van der Waals surface area contributed by atoms with Crippen molar-refractivity contribution in [3.63, 3.8) is 0 Å². The van der Waals surface area contributed by atoms with E-state index in [0.29, 0.717) is 0 Å². The van der Waals surface area contributed by atoms with Gasteiger partial charge in [-0.05, 0) is 12.1 Å². The Bertz CT molecular complexity index is 285. The topological polar surface area (TPSA) is 26.0 Å². The minimum absolute atomic E-state index is 0. The number of rotatable bonds is 0. The maximum Gasteiger partial charge on any atom is 0.181 e. The fourth-order valence-corrected chi connectivity index (χ4v) is 0.803. The van der Waals surface area contributed by atoms with E-state index < -0.39 is 0 Å². The zero-order chi connectivity index (χ0) is 6.10. The maximum atomic E-state index is 5.01. The molecular weight excluding hydrogens is 222 g/mol. The average molecular weight is 264 g/mol. The van der Waals surface area contributed by atoms with Crippen LogP contribution in [-0.4, -0.2) is 4.98 Å². The molecule has 1 heterocycles. The second kappa shape index (κ2) is 24.8. The van der Waals surface area contributed by atoms with E-state index in [-0.39, 0.29) is 66.8 Å². The van der Waals surface area contributed by atoms with E-state index in [0.717, 1.165) is 11.1 Å². The van der Waals surface area contributed by atoms with Crippen molar-refractivity contribution in [1.29, 1.82) is 0 Å². The van der Waals surface area contributed by atoms with E-state index in [1.165, 1.54) is 6.39 Å². The van der Waals surface area contributed by atoms with Crippen LogP contribution < -0.4 is 0 Å². The number of benzene rings is 1. The molecule has 0 fully saturated rings. The molecule has 2 heteroatoms. The minimum atomic E-state index is 0. The van der Waals surface area contributed by atoms with Gasteiger partial charge in [-0.1, -0.05) is 79.0 Å². The van der Waals surface area contributed by atoms with Crippen molar-refractivity contribution in [2.24, 2.45) is 0 Å². The first-order valence-corrected chi connectivity index (χ1v) is 2.75. The second-order valence-corrected chi connectivity index (χ2v) is 1.82. The number of fused-ring (bicyclic) bond motifs is 1. The Morgan fingerprint density at radius 3 is 1.56 bits per heavy atom. The number of nitrogens with zero attached hydrogens (tertiary/aromatic N) is 1. The quantitative estimate of drug-likeness (QED) is 0.490. The smallest absolute Gasteiger partial charge is 0.181 e. The zero-order valence-corrected chi connectivity index (χ0v) is 4.74. The highest BCUT2D eigenvalue weighted by molar-refractivity contribution is 5.71. The van der Waals surface area contributed by atoms with E-state index in [1.807, 2.05) is 24.3 Å². The molecule has 18 heavy (non-hydrogen) atoms. The Hall–Kier alpha value is -1.31. The molecule has 0 atom stereocenters. The van der Waals surface area contributed by atoms with Crippen LogP contribution in [0.5, 0.6) is 0 Å². The van der Waals surface area contributed by atoms with E-state index in [1.54, 1.807) is 0 Å². The SMILES string of the molecule is C.C.C.C.C.C.C.C.C.c1ccc2ocnc2c1. The summed E-state index contributed by atoms with van der Waals surface area (Å²) in [6, 6.07) is 7.67. The molecule has 0 bridgehead atoms. The van der Waals surface area contributed by atoms with E-state index in [2.05, 4.69) is 4.98 Å². The van der Waals surface area contributed by atoms with Crippen LogP contribution in [0.15, 0.2) is 35.1 Å². The molecule has 0 radical (unpaired) electrons. The van der Waals surface area contributed by atoms with Gasteiger partial charge in [-0.15, -0.1) is 0 Å². The third-order valence-electron chi connectivity index (χ3n) is 1.24. The zero-order valence-electron chi connectivity index (χ0n) is 4.74. The highest BCUT2D eigenvalue weighted by Crippen LogP contribution is 2.09.